The summed E-state index contributed by atoms with van der Waals surface area (Å²) < 4.78 is 5.25. The van der Waals surface area contributed by atoms with Crippen LogP contribution in [-0.2, 0) is 14.3 Å². The first-order chi connectivity index (χ1) is 8.02. The number of ether oxygens (including phenoxy) is 1. The molecule has 7 nitrogen and oxygen atoms in total. The van der Waals surface area contributed by atoms with E-state index in [1.54, 1.807) is 0 Å². The first-order valence-corrected chi connectivity index (χ1v) is 5.47. The second-order valence-electron chi connectivity index (χ2n) is 4.01. The van der Waals surface area contributed by atoms with Gasteiger partial charge >= 0.3 is 5.97 Å². The Balaban J connectivity index is 2.52. The highest BCUT2D eigenvalue weighted by atomic mass is 16.5. The number of carbonyl (C=O) groups excluding carboxylic acids is 1. The number of rotatable bonds is 5. The monoisotopic (exact) mass is 246 g/mol. The van der Waals surface area contributed by atoms with Gasteiger partial charge in [-0.15, -0.1) is 0 Å². The lowest BCUT2D eigenvalue weighted by Gasteiger charge is -2.34. The van der Waals surface area contributed by atoms with Gasteiger partial charge in [0, 0.05) is 7.11 Å². The second-order valence-corrected chi connectivity index (χ2v) is 4.01. The molecule has 0 aromatic carbocycles. The Morgan fingerprint density at radius 1 is 1.47 bits per heavy atom. The summed E-state index contributed by atoms with van der Waals surface area (Å²) in [6.45, 7) is 1.03. The lowest BCUT2D eigenvalue weighted by Crippen LogP contribution is -2.55. The van der Waals surface area contributed by atoms with E-state index >= 15 is 0 Å². The van der Waals surface area contributed by atoms with Crippen LogP contribution in [0.1, 0.15) is 12.8 Å². The van der Waals surface area contributed by atoms with Crippen molar-refractivity contribution in [3.63, 3.8) is 0 Å². The van der Waals surface area contributed by atoms with Gasteiger partial charge in [-0.25, -0.2) is 4.79 Å². The zero-order chi connectivity index (χ0) is 12.9. The summed E-state index contributed by atoms with van der Waals surface area (Å²) in [5, 5.41) is 23.1. The summed E-state index contributed by atoms with van der Waals surface area (Å²) >= 11 is 0. The van der Waals surface area contributed by atoms with Crippen molar-refractivity contribution in [2.24, 2.45) is 0 Å². The van der Waals surface area contributed by atoms with Crippen LogP contribution in [0.15, 0.2) is 0 Å². The van der Waals surface area contributed by atoms with Crippen molar-refractivity contribution in [2.45, 2.75) is 24.5 Å². The third kappa shape index (κ3) is 3.39. The van der Waals surface area contributed by atoms with Gasteiger partial charge in [0.2, 0.25) is 0 Å². The molecular weight excluding hydrogens is 228 g/mol. The van der Waals surface area contributed by atoms with Gasteiger partial charge in [-0.1, -0.05) is 0 Å². The summed E-state index contributed by atoms with van der Waals surface area (Å²) in [5.41, 5.74) is -0.913. The van der Waals surface area contributed by atoms with Crippen molar-refractivity contribution in [2.75, 3.05) is 26.7 Å². The van der Waals surface area contributed by atoms with E-state index in [2.05, 4.69) is 10.6 Å². The van der Waals surface area contributed by atoms with Crippen molar-refractivity contribution < 1.29 is 24.5 Å². The standard InChI is InChI=1S/C10H18N2O5/c1-17-10(2-4-11-5-3-10)9(16)12-6-7(13)8(14)15/h7,11,13H,2-6H2,1H3,(H,12,16)(H,14,15)/t7-/m0/s1. The third-order valence-electron chi connectivity index (χ3n) is 2.96. The minimum absolute atomic E-state index is 0.313. The minimum atomic E-state index is -1.59. The average molecular weight is 246 g/mol. The molecule has 1 fully saturated rings. The maximum atomic E-state index is 11.9. The first-order valence-electron chi connectivity index (χ1n) is 5.47. The van der Waals surface area contributed by atoms with E-state index in [-0.39, 0.29) is 12.5 Å². The fourth-order valence-corrected chi connectivity index (χ4v) is 1.79. The van der Waals surface area contributed by atoms with Crippen molar-refractivity contribution in [1.82, 2.24) is 10.6 Å². The zero-order valence-electron chi connectivity index (χ0n) is 9.73. The van der Waals surface area contributed by atoms with Gasteiger partial charge in [0.05, 0.1) is 6.54 Å². The largest absolute Gasteiger partial charge is 0.479 e. The molecule has 1 aliphatic heterocycles. The summed E-state index contributed by atoms with van der Waals surface area (Å²) in [4.78, 5) is 22.3. The van der Waals surface area contributed by atoms with Crippen molar-refractivity contribution in [3.8, 4) is 0 Å². The number of carboxylic acid groups (broad SMARTS) is 1. The first kappa shape index (κ1) is 13.9. The fourth-order valence-electron chi connectivity index (χ4n) is 1.79. The minimum Gasteiger partial charge on any atom is -0.479 e. The molecule has 0 spiro atoms. The van der Waals surface area contributed by atoms with Gasteiger partial charge < -0.3 is 25.6 Å². The zero-order valence-corrected chi connectivity index (χ0v) is 9.73. The second kappa shape index (κ2) is 5.95. The molecular formula is C10H18N2O5. The third-order valence-corrected chi connectivity index (χ3v) is 2.96. The molecule has 4 N–H and O–H groups in total. The number of amides is 1. The van der Waals surface area contributed by atoms with Gasteiger partial charge in [-0.3, -0.25) is 4.79 Å². The van der Waals surface area contributed by atoms with Crippen LogP contribution in [0.4, 0.5) is 0 Å². The molecule has 7 heteroatoms. The van der Waals surface area contributed by atoms with Gasteiger partial charge in [-0.05, 0) is 25.9 Å². The molecule has 1 rings (SSSR count). The van der Waals surface area contributed by atoms with Crippen LogP contribution in [0.2, 0.25) is 0 Å². The van der Waals surface area contributed by atoms with Crippen molar-refractivity contribution >= 4 is 11.9 Å². The Hall–Kier alpha value is -1.18. The molecule has 0 aromatic heterocycles. The summed E-state index contributed by atoms with van der Waals surface area (Å²) in [7, 11) is 1.46. The molecule has 0 saturated carbocycles. The van der Waals surface area contributed by atoms with E-state index in [1.165, 1.54) is 7.11 Å². The molecule has 0 aromatic rings. The number of aliphatic hydroxyl groups excluding tert-OH is 1. The van der Waals surface area contributed by atoms with Crippen molar-refractivity contribution in [1.29, 1.82) is 0 Å². The van der Waals surface area contributed by atoms with Gasteiger partial charge in [0.1, 0.15) is 5.60 Å². The highest BCUT2D eigenvalue weighted by molar-refractivity contribution is 5.86. The van der Waals surface area contributed by atoms with Crippen molar-refractivity contribution in [3.05, 3.63) is 0 Å². The van der Waals surface area contributed by atoms with Gasteiger partial charge in [0.25, 0.3) is 5.91 Å². The lowest BCUT2D eigenvalue weighted by atomic mass is 9.91. The number of carboxylic acids is 1. The molecule has 1 aliphatic rings. The molecule has 17 heavy (non-hydrogen) atoms. The van der Waals surface area contributed by atoms with Crippen LogP contribution in [0.25, 0.3) is 0 Å². The molecule has 0 bridgehead atoms. The van der Waals surface area contributed by atoms with E-state index in [0.717, 1.165) is 0 Å². The molecule has 1 heterocycles. The maximum Gasteiger partial charge on any atom is 0.334 e. The van der Waals surface area contributed by atoms with Gasteiger partial charge in [-0.2, -0.15) is 0 Å². The van der Waals surface area contributed by atoms with E-state index < -0.39 is 17.7 Å². The van der Waals surface area contributed by atoms with Crippen LogP contribution < -0.4 is 10.6 Å². The quantitative estimate of drug-likeness (QED) is 0.461. The molecule has 1 amide bonds. The van der Waals surface area contributed by atoms with E-state index in [1.807, 2.05) is 0 Å². The van der Waals surface area contributed by atoms with Crippen LogP contribution >= 0.6 is 0 Å². The normalized spacial score (nSPS) is 20.6. The van der Waals surface area contributed by atoms with Crippen LogP contribution in [0.3, 0.4) is 0 Å². The number of aliphatic carboxylic acids is 1. The van der Waals surface area contributed by atoms with Crippen LogP contribution in [0, 0.1) is 0 Å². The molecule has 1 atom stereocenters. The van der Waals surface area contributed by atoms with E-state index in [4.69, 9.17) is 14.9 Å². The predicted molar refractivity (Wildman–Crippen MR) is 58.5 cm³/mol. The highest BCUT2D eigenvalue weighted by Crippen LogP contribution is 2.22. The number of methoxy groups -OCH3 is 1. The molecule has 0 unspecified atom stereocenters. The summed E-state index contributed by atoms with van der Waals surface area (Å²) in [5.74, 6) is -1.73. The Morgan fingerprint density at radius 2 is 2.06 bits per heavy atom. The number of nitrogens with one attached hydrogen (secondary N) is 2. The summed E-state index contributed by atoms with van der Waals surface area (Å²) in [6, 6.07) is 0. The number of aliphatic hydroxyl groups is 1. The summed E-state index contributed by atoms with van der Waals surface area (Å²) in [6.07, 6.45) is -0.536. The fraction of sp³-hybridized carbons (Fsp3) is 0.800. The van der Waals surface area contributed by atoms with Crippen LogP contribution in [-0.4, -0.2) is 60.5 Å². The van der Waals surface area contributed by atoms with Gasteiger partial charge in [0.15, 0.2) is 6.10 Å². The Kier molecular flexibility index (Phi) is 4.86. The molecule has 98 valence electrons. The molecule has 1 saturated heterocycles. The Bertz CT molecular complexity index is 288. The topological polar surface area (TPSA) is 108 Å². The lowest BCUT2D eigenvalue weighted by molar-refractivity contribution is -0.150. The van der Waals surface area contributed by atoms with E-state index in [9.17, 15) is 9.59 Å². The number of piperidine rings is 1. The highest BCUT2D eigenvalue weighted by Gasteiger charge is 2.39. The SMILES string of the molecule is COC1(C(=O)NC[C@H](O)C(=O)O)CCNCC1. The Labute approximate surface area is 99.1 Å². The Morgan fingerprint density at radius 3 is 2.53 bits per heavy atom. The van der Waals surface area contributed by atoms with E-state index in [0.29, 0.717) is 25.9 Å². The molecule has 0 radical (unpaired) electrons. The number of hydrogen-bond acceptors (Lipinski definition) is 5. The molecule has 0 aliphatic carbocycles. The number of carbonyl (C=O) groups is 2. The smallest absolute Gasteiger partial charge is 0.334 e. The van der Waals surface area contributed by atoms with Crippen LogP contribution in [0.5, 0.6) is 0 Å². The maximum absolute atomic E-state index is 11.9. The number of hydrogen-bond donors (Lipinski definition) is 4. The predicted octanol–water partition coefficient (Wildman–Crippen LogP) is -1.68. The average Bonchev–Trinajstić information content (AvgIpc) is 2.36.